The quantitative estimate of drug-likeness (QED) is 0.321. The second-order valence-corrected chi connectivity index (χ2v) is 9.75. The first kappa shape index (κ1) is 28.5. The molecule has 0 spiro atoms. The molecule has 14 nitrogen and oxygen atoms in total. The van der Waals surface area contributed by atoms with E-state index >= 15 is 0 Å². The lowest BCUT2D eigenvalue weighted by Gasteiger charge is -2.40. The van der Waals surface area contributed by atoms with Gasteiger partial charge in [0.25, 0.3) is 15.6 Å². The summed E-state index contributed by atoms with van der Waals surface area (Å²) in [5.74, 6) is -4.12. The Labute approximate surface area is 214 Å². The first-order chi connectivity index (χ1) is 17.8. The van der Waals surface area contributed by atoms with Gasteiger partial charge in [-0.2, -0.15) is 8.36 Å². The minimum atomic E-state index is -4.76. The van der Waals surface area contributed by atoms with Gasteiger partial charge < -0.3 is 23.7 Å². The molecule has 0 aliphatic carbocycles. The molecule has 1 aromatic carbocycles. The highest BCUT2D eigenvalue weighted by molar-refractivity contribution is 7.90. The van der Waals surface area contributed by atoms with E-state index in [0.29, 0.717) is 5.75 Å². The van der Waals surface area contributed by atoms with Gasteiger partial charge in [-0.3, -0.25) is 19.2 Å². The minimum Gasteiger partial charge on any atom is -0.497 e. The third kappa shape index (κ3) is 5.75. The first-order valence-corrected chi connectivity index (χ1v) is 12.3. The van der Waals surface area contributed by atoms with Crippen LogP contribution in [-0.2, 0) is 43.4 Å². The Morgan fingerprint density at radius 3 is 2.03 bits per heavy atom. The molecule has 4 atom stereocenters. The Kier molecular flexibility index (Phi) is 8.36. The lowest BCUT2D eigenvalue weighted by molar-refractivity contribution is -0.240. The molecule has 1 aliphatic heterocycles. The lowest BCUT2D eigenvalue weighted by Crippen LogP contribution is -2.59. The maximum atomic E-state index is 14.8. The van der Waals surface area contributed by atoms with Crippen molar-refractivity contribution in [2.45, 2.75) is 50.2 Å². The largest absolute Gasteiger partial charge is 0.497 e. The average Bonchev–Trinajstić information content (AvgIpc) is 2.83. The number of carbonyl (C=O) groups excluding carboxylic acids is 3. The number of nitrogens with zero attached hydrogens (tertiary/aromatic N) is 2. The van der Waals surface area contributed by atoms with Crippen LogP contribution in [-0.4, -0.2) is 66.9 Å². The van der Waals surface area contributed by atoms with E-state index in [1.807, 2.05) is 0 Å². The van der Waals surface area contributed by atoms with Crippen LogP contribution < -0.4 is 16.0 Å². The van der Waals surface area contributed by atoms with Gasteiger partial charge in [-0.05, 0) is 24.3 Å². The van der Waals surface area contributed by atoms with Crippen LogP contribution in [0, 0.1) is 5.82 Å². The molecule has 2 heterocycles. The minimum absolute atomic E-state index is 0.0290. The Balaban J connectivity index is 2.21. The highest BCUT2D eigenvalue weighted by Crippen LogP contribution is 2.29. The Morgan fingerprint density at radius 2 is 1.50 bits per heavy atom. The van der Waals surface area contributed by atoms with E-state index in [1.165, 1.54) is 19.2 Å². The summed E-state index contributed by atoms with van der Waals surface area (Å²) < 4.78 is 67.0. The normalized spacial score (nSPS) is 21.3. The monoisotopic (exact) mass is 558 g/mol. The van der Waals surface area contributed by atoms with Crippen molar-refractivity contribution in [3.8, 4) is 5.75 Å². The van der Waals surface area contributed by atoms with Crippen LogP contribution in [0.3, 0.4) is 0 Å². The SMILES string of the molecule is COc1ccc(S(=O)(=O)n2cc(F)c(=O)n([C@@H]3OC[C@@H](OC(C)=O)[C@H](OC(C)=O)[C@H]3OC(C)=O)c2=O)cc1. The molecule has 38 heavy (non-hydrogen) atoms. The van der Waals surface area contributed by atoms with E-state index < -0.39 is 81.0 Å². The zero-order chi connectivity index (χ0) is 28.4. The van der Waals surface area contributed by atoms with E-state index in [4.69, 9.17) is 23.7 Å². The number of carbonyl (C=O) groups is 3. The number of halogens is 1. The van der Waals surface area contributed by atoms with Crippen molar-refractivity contribution < 1.29 is 50.9 Å². The average molecular weight is 558 g/mol. The molecule has 206 valence electrons. The highest BCUT2D eigenvalue weighted by atomic mass is 32.2. The maximum Gasteiger partial charge on any atom is 0.347 e. The fourth-order valence-corrected chi connectivity index (χ4v) is 4.96. The van der Waals surface area contributed by atoms with Crippen molar-refractivity contribution >= 4 is 27.9 Å². The molecule has 16 heteroatoms. The van der Waals surface area contributed by atoms with Crippen molar-refractivity contribution in [1.82, 2.24) is 8.54 Å². The highest BCUT2D eigenvalue weighted by Gasteiger charge is 2.49. The second-order valence-electron chi connectivity index (χ2n) is 7.93. The topological polar surface area (TPSA) is 176 Å². The van der Waals surface area contributed by atoms with Gasteiger partial charge in [-0.25, -0.2) is 17.8 Å². The second kappa shape index (κ2) is 11.1. The molecule has 0 bridgehead atoms. The summed E-state index contributed by atoms with van der Waals surface area (Å²) in [4.78, 5) is 60.8. The zero-order valence-electron chi connectivity index (χ0n) is 20.5. The van der Waals surface area contributed by atoms with Crippen LogP contribution in [0.5, 0.6) is 5.75 Å². The predicted octanol–water partition coefficient (Wildman–Crippen LogP) is -0.281. The van der Waals surface area contributed by atoms with Crippen LogP contribution in [0.4, 0.5) is 4.39 Å². The molecule has 1 aliphatic rings. The summed E-state index contributed by atoms with van der Waals surface area (Å²) in [6, 6.07) is 4.74. The molecule has 1 fully saturated rings. The molecule has 3 rings (SSSR count). The van der Waals surface area contributed by atoms with E-state index in [-0.39, 0.29) is 14.7 Å². The Morgan fingerprint density at radius 1 is 0.947 bits per heavy atom. The van der Waals surface area contributed by atoms with E-state index in [9.17, 15) is 36.8 Å². The van der Waals surface area contributed by atoms with E-state index in [0.717, 1.165) is 32.9 Å². The van der Waals surface area contributed by atoms with Crippen molar-refractivity contribution in [3.63, 3.8) is 0 Å². The third-order valence-corrected chi connectivity index (χ3v) is 6.89. The molecule has 0 radical (unpaired) electrons. The summed E-state index contributed by atoms with van der Waals surface area (Å²) in [7, 11) is -3.42. The van der Waals surface area contributed by atoms with Crippen LogP contribution >= 0.6 is 0 Å². The van der Waals surface area contributed by atoms with Gasteiger partial charge in [0, 0.05) is 20.8 Å². The van der Waals surface area contributed by atoms with E-state index in [2.05, 4.69) is 0 Å². The van der Waals surface area contributed by atoms with Crippen LogP contribution in [0.2, 0.25) is 0 Å². The number of rotatable bonds is 7. The molecule has 0 amide bonds. The first-order valence-electron chi connectivity index (χ1n) is 10.8. The van der Waals surface area contributed by atoms with E-state index in [1.54, 1.807) is 0 Å². The molecule has 0 N–H and O–H groups in total. The van der Waals surface area contributed by atoms with Gasteiger partial charge >= 0.3 is 23.6 Å². The summed E-state index contributed by atoms with van der Waals surface area (Å²) in [6.07, 6.45) is -6.59. The summed E-state index contributed by atoms with van der Waals surface area (Å²) in [5, 5.41) is 0. The van der Waals surface area contributed by atoms with Gasteiger partial charge in [0.05, 0.1) is 24.8 Å². The number of ether oxygens (including phenoxy) is 5. The van der Waals surface area contributed by atoms with Crippen molar-refractivity contribution in [3.05, 3.63) is 57.1 Å². The number of hydrogen-bond acceptors (Lipinski definition) is 12. The lowest BCUT2D eigenvalue weighted by atomic mass is 10.0. The van der Waals surface area contributed by atoms with Gasteiger partial charge in [-0.1, -0.05) is 0 Å². The standard InChI is InChI=1S/C22H23FN2O12S/c1-11(26)35-17-10-34-21(19(37-13(3)28)18(17)36-12(2)27)25-20(29)16(23)9-24(22(25)30)38(31,32)15-7-5-14(33-4)6-8-15/h5-9,17-19,21H,10H2,1-4H3/t17-,18+,19-,21-/m1/s1. The summed E-state index contributed by atoms with van der Waals surface area (Å²) in [6.45, 7) is 2.37. The van der Waals surface area contributed by atoms with Crippen molar-refractivity contribution in [2.75, 3.05) is 13.7 Å². The molecule has 0 unspecified atom stereocenters. The number of aromatic nitrogens is 2. The molecule has 2 aromatic rings. The van der Waals surface area contributed by atoms with Gasteiger partial charge in [0.2, 0.25) is 5.82 Å². The maximum absolute atomic E-state index is 14.8. The molecule has 1 saturated heterocycles. The molecule has 0 saturated carbocycles. The van der Waals surface area contributed by atoms with Gasteiger partial charge in [0.15, 0.2) is 24.5 Å². The Hall–Kier alpha value is -4.05. The van der Waals surface area contributed by atoms with Gasteiger partial charge in [-0.15, -0.1) is 0 Å². The van der Waals surface area contributed by atoms with Crippen LogP contribution in [0.1, 0.15) is 27.0 Å². The Bertz CT molecular complexity index is 1460. The molecule has 1 aromatic heterocycles. The number of hydrogen-bond donors (Lipinski definition) is 0. The molecular weight excluding hydrogens is 535 g/mol. The number of esters is 3. The summed E-state index contributed by atoms with van der Waals surface area (Å²) in [5.41, 5.74) is -3.20. The van der Waals surface area contributed by atoms with Gasteiger partial charge in [0.1, 0.15) is 5.75 Å². The number of benzene rings is 1. The fourth-order valence-electron chi connectivity index (χ4n) is 3.72. The number of methoxy groups -OCH3 is 1. The van der Waals surface area contributed by atoms with Crippen molar-refractivity contribution in [1.29, 1.82) is 0 Å². The van der Waals surface area contributed by atoms with Crippen LogP contribution in [0.15, 0.2) is 44.9 Å². The smallest absolute Gasteiger partial charge is 0.347 e. The molecular formula is C22H23FN2O12S. The zero-order valence-corrected chi connectivity index (χ0v) is 21.3. The van der Waals surface area contributed by atoms with Crippen molar-refractivity contribution in [2.24, 2.45) is 0 Å². The fraction of sp³-hybridized carbons (Fsp3) is 0.409. The third-order valence-electron chi connectivity index (χ3n) is 5.24. The summed E-state index contributed by atoms with van der Waals surface area (Å²) >= 11 is 0. The predicted molar refractivity (Wildman–Crippen MR) is 122 cm³/mol. The van der Waals surface area contributed by atoms with Crippen LogP contribution in [0.25, 0.3) is 0 Å².